The lowest BCUT2D eigenvalue weighted by atomic mass is 9.97. The van der Waals surface area contributed by atoms with Crippen LogP contribution in [0.1, 0.15) is 18.5 Å². The van der Waals surface area contributed by atoms with Crippen molar-refractivity contribution < 1.29 is 13.2 Å². The van der Waals surface area contributed by atoms with Crippen LogP contribution in [0.5, 0.6) is 0 Å². The SMILES string of the molecule is Cc1ccc(NC2COC3(CCN(S(C)(=O)=O)C3)C2)nn1. The molecule has 1 aromatic heterocycles. The van der Waals surface area contributed by atoms with Crippen molar-refractivity contribution in [3.63, 3.8) is 0 Å². The first-order chi connectivity index (χ1) is 9.86. The maximum Gasteiger partial charge on any atom is 0.211 e. The maximum absolute atomic E-state index is 11.6. The van der Waals surface area contributed by atoms with Gasteiger partial charge in [0.15, 0.2) is 0 Å². The minimum atomic E-state index is -3.14. The van der Waals surface area contributed by atoms with Gasteiger partial charge in [0, 0.05) is 19.5 Å². The molecule has 116 valence electrons. The van der Waals surface area contributed by atoms with Crippen molar-refractivity contribution in [3.8, 4) is 0 Å². The molecule has 3 rings (SSSR count). The summed E-state index contributed by atoms with van der Waals surface area (Å²) in [6.07, 6.45) is 2.78. The maximum atomic E-state index is 11.6. The summed E-state index contributed by atoms with van der Waals surface area (Å²) in [6.45, 7) is 3.44. The fourth-order valence-electron chi connectivity index (χ4n) is 3.00. The van der Waals surface area contributed by atoms with Crippen LogP contribution in [0.25, 0.3) is 0 Å². The van der Waals surface area contributed by atoms with Crippen LogP contribution in [0.2, 0.25) is 0 Å². The molecule has 1 N–H and O–H groups in total. The molecule has 1 aromatic rings. The van der Waals surface area contributed by atoms with Crippen molar-refractivity contribution in [1.29, 1.82) is 0 Å². The van der Waals surface area contributed by atoms with Gasteiger partial charge in [-0.25, -0.2) is 8.42 Å². The molecule has 2 unspecified atom stereocenters. The highest BCUT2D eigenvalue weighted by Crippen LogP contribution is 2.36. The van der Waals surface area contributed by atoms with E-state index in [2.05, 4.69) is 15.5 Å². The standard InChI is InChI=1S/C13H20N4O3S/c1-10-3-4-12(16-15-10)14-11-7-13(20-8-11)5-6-17(9-13)21(2,18)19/h3-4,11H,5-9H2,1-2H3,(H,14,16). The highest BCUT2D eigenvalue weighted by molar-refractivity contribution is 7.88. The molecule has 2 aliphatic rings. The number of rotatable bonds is 3. The number of nitrogens with one attached hydrogen (secondary N) is 1. The van der Waals surface area contributed by atoms with Gasteiger partial charge in [0.05, 0.1) is 30.2 Å². The van der Waals surface area contributed by atoms with Gasteiger partial charge in [0.25, 0.3) is 0 Å². The number of ether oxygens (including phenoxy) is 1. The third-order valence-electron chi connectivity index (χ3n) is 4.11. The van der Waals surface area contributed by atoms with Crippen LogP contribution in [-0.2, 0) is 14.8 Å². The predicted molar refractivity (Wildman–Crippen MR) is 78.5 cm³/mol. The second-order valence-electron chi connectivity index (χ2n) is 5.95. The summed E-state index contributed by atoms with van der Waals surface area (Å²) in [7, 11) is -3.14. The minimum absolute atomic E-state index is 0.140. The van der Waals surface area contributed by atoms with Crippen LogP contribution in [-0.4, -0.2) is 60.5 Å². The Bertz CT molecular complexity index is 619. The molecule has 7 nitrogen and oxygen atoms in total. The Labute approximate surface area is 124 Å². The number of anilines is 1. The van der Waals surface area contributed by atoms with Gasteiger partial charge >= 0.3 is 0 Å². The first-order valence-electron chi connectivity index (χ1n) is 7.02. The van der Waals surface area contributed by atoms with Gasteiger partial charge in [-0.1, -0.05) is 0 Å². The molecule has 8 heteroatoms. The van der Waals surface area contributed by atoms with Crippen LogP contribution in [0.3, 0.4) is 0 Å². The topological polar surface area (TPSA) is 84.4 Å². The molecule has 2 saturated heterocycles. The molecule has 21 heavy (non-hydrogen) atoms. The van der Waals surface area contributed by atoms with E-state index in [1.807, 2.05) is 19.1 Å². The van der Waals surface area contributed by atoms with Gasteiger partial charge in [0.2, 0.25) is 10.0 Å². The van der Waals surface area contributed by atoms with E-state index in [1.54, 1.807) is 0 Å². The molecule has 0 radical (unpaired) electrons. The Balaban J connectivity index is 1.62. The fourth-order valence-corrected chi connectivity index (χ4v) is 3.89. The summed E-state index contributed by atoms with van der Waals surface area (Å²) in [4.78, 5) is 0. The third kappa shape index (κ3) is 3.17. The van der Waals surface area contributed by atoms with E-state index in [4.69, 9.17) is 4.74 Å². The molecule has 2 fully saturated rings. The molecule has 0 aromatic carbocycles. The van der Waals surface area contributed by atoms with Crippen LogP contribution < -0.4 is 5.32 Å². The lowest BCUT2D eigenvalue weighted by Crippen LogP contribution is -2.35. The minimum Gasteiger partial charge on any atom is -0.371 e. The summed E-state index contributed by atoms with van der Waals surface area (Å²) in [5, 5.41) is 11.4. The Kier molecular flexibility index (Phi) is 3.62. The Hall–Kier alpha value is -1.25. The van der Waals surface area contributed by atoms with Crippen molar-refractivity contribution in [2.75, 3.05) is 31.3 Å². The van der Waals surface area contributed by atoms with E-state index in [9.17, 15) is 8.42 Å². The lowest BCUT2D eigenvalue weighted by molar-refractivity contribution is 0.0173. The number of nitrogens with zero attached hydrogens (tertiary/aromatic N) is 3. The quantitative estimate of drug-likeness (QED) is 0.869. The van der Waals surface area contributed by atoms with E-state index in [0.29, 0.717) is 19.7 Å². The molecule has 2 atom stereocenters. The van der Waals surface area contributed by atoms with Crippen LogP contribution in [0.15, 0.2) is 12.1 Å². The lowest BCUT2D eigenvalue weighted by Gasteiger charge is -2.22. The van der Waals surface area contributed by atoms with Gasteiger partial charge in [-0.3, -0.25) is 0 Å². The predicted octanol–water partition coefficient (Wildman–Crippen LogP) is 0.390. The monoisotopic (exact) mass is 312 g/mol. The molecular weight excluding hydrogens is 292 g/mol. The zero-order valence-corrected chi connectivity index (χ0v) is 13.1. The van der Waals surface area contributed by atoms with Gasteiger partial charge in [-0.05, 0) is 25.5 Å². The van der Waals surface area contributed by atoms with Crippen LogP contribution >= 0.6 is 0 Å². The highest BCUT2D eigenvalue weighted by Gasteiger charge is 2.47. The van der Waals surface area contributed by atoms with Crippen molar-refractivity contribution in [2.45, 2.75) is 31.4 Å². The fraction of sp³-hybridized carbons (Fsp3) is 0.692. The van der Waals surface area contributed by atoms with Gasteiger partial charge in [-0.15, -0.1) is 5.10 Å². The van der Waals surface area contributed by atoms with Crippen molar-refractivity contribution in [1.82, 2.24) is 14.5 Å². The molecule has 0 amide bonds. The summed E-state index contributed by atoms with van der Waals surface area (Å²) < 4.78 is 30.6. The number of aromatic nitrogens is 2. The first kappa shape index (κ1) is 14.7. The van der Waals surface area contributed by atoms with Gasteiger partial charge in [0.1, 0.15) is 5.82 Å². The normalized spacial score (nSPS) is 30.1. The van der Waals surface area contributed by atoms with Crippen molar-refractivity contribution in [2.24, 2.45) is 0 Å². The number of hydrogen-bond acceptors (Lipinski definition) is 6. The third-order valence-corrected chi connectivity index (χ3v) is 5.36. The smallest absolute Gasteiger partial charge is 0.211 e. The van der Waals surface area contributed by atoms with Crippen molar-refractivity contribution >= 4 is 15.8 Å². The molecule has 0 aliphatic carbocycles. The van der Waals surface area contributed by atoms with Gasteiger partial charge < -0.3 is 10.1 Å². The summed E-state index contributed by atoms with van der Waals surface area (Å²) >= 11 is 0. The second-order valence-corrected chi connectivity index (χ2v) is 7.93. The molecule has 2 aliphatic heterocycles. The zero-order valence-electron chi connectivity index (χ0n) is 12.2. The van der Waals surface area contributed by atoms with E-state index >= 15 is 0 Å². The van der Waals surface area contributed by atoms with Crippen molar-refractivity contribution in [3.05, 3.63) is 17.8 Å². The van der Waals surface area contributed by atoms with E-state index < -0.39 is 10.0 Å². The molecule has 0 bridgehead atoms. The number of aryl methyl sites for hydroxylation is 1. The second kappa shape index (κ2) is 5.19. The largest absolute Gasteiger partial charge is 0.371 e. The first-order valence-corrected chi connectivity index (χ1v) is 8.87. The summed E-state index contributed by atoms with van der Waals surface area (Å²) in [6, 6.07) is 3.94. The average Bonchev–Trinajstić information content (AvgIpc) is 3.00. The Morgan fingerprint density at radius 1 is 1.43 bits per heavy atom. The van der Waals surface area contributed by atoms with Crippen LogP contribution in [0.4, 0.5) is 5.82 Å². The van der Waals surface area contributed by atoms with Crippen LogP contribution in [0, 0.1) is 6.92 Å². The Morgan fingerprint density at radius 2 is 2.24 bits per heavy atom. The number of hydrogen-bond donors (Lipinski definition) is 1. The van der Waals surface area contributed by atoms with E-state index in [0.717, 1.165) is 24.4 Å². The molecular formula is C13H20N4O3S. The molecule has 0 saturated carbocycles. The van der Waals surface area contributed by atoms with E-state index in [-0.39, 0.29) is 11.6 Å². The Morgan fingerprint density at radius 3 is 2.86 bits per heavy atom. The van der Waals surface area contributed by atoms with E-state index in [1.165, 1.54) is 10.6 Å². The zero-order chi connectivity index (χ0) is 15.1. The molecule has 1 spiro atoms. The average molecular weight is 312 g/mol. The summed E-state index contributed by atoms with van der Waals surface area (Å²) in [5.41, 5.74) is 0.526. The summed E-state index contributed by atoms with van der Waals surface area (Å²) in [5.74, 6) is 0.726. The molecule has 3 heterocycles. The number of sulfonamides is 1. The van der Waals surface area contributed by atoms with Gasteiger partial charge in [-0.2, -0.15) is 9.40 Å². The highest BCUT2D eigenvalue weighted by atomic mass is 32.2.